The van der Waals surface area contributed by atoms with Crippen molar-refractivity contribution in [2.75, 3.05) is 0 Å². The molecule has 3 aromatic heterocycles. The van der Waals surface area contributed by atoms with Gasteiger partial charge in [0.15, 0.2) is 11.7 Å². The minimum Gasteiger partial charge on any atom is -0.264 e. The van der Waals surface area contributed by atoms with E-state index in [0.29, 0.717) is 18.2 Å². The van der Waals surface area contributed by atoms with Crippen LogP contribution in [-0.4, -0.2) is 33.3 Å². The number of fused-ring (bicyclic) bond motifs is 3. The van der Waals surface area contributed by atoms with Gasteiger partial charge in [0.1, 0.15) is 0 Å². The van der Waals surface area contributed by atoms with Gasteiger partial charge in [-0.3, -0.25) is 15.0 Å². The van der Waals surface area contributed by atoms with Crippen molar-refractivity contribution in [1.29, 1.82) is 0 Å². The van der Waals surface area contributed by atoms with E-state index in [0.717, 1.165) is 77.6 Å². The highest BCUT2D eigenvalue weighted by Crippen LogP contribution is 2.32. The lowest BCUT2D eigenvalue weighted by molar-refractivity contribution is 1.06. The largest absolute Gasteiger partial charge is 0.264 e. The minimum absolute atomic E-state index is 0.449. The Morgan fingerprint density at radius 2 is 1.08 bits per heavy atom. The van der Waals surface area contributed by atoms with Gasteiger partial charge < -0.3 is 0 Å². The van der Waals surface area contributed by atoms with Gasteiger partial charge >= 0.3 is 0 Å². The number of benzene rings is 6. The molecule has 6 aromatic carbocycles. The molecule has 284 valence electrons. The molecule has 0 bridgehead atoms. The molecule has 6 nitrogen and oxygen atoms in total. The molecule has 9 aromatic rings. The molecule has 0 atom stereocenters. The van der Waals surface area contributed by atoms with E-state index in [2.05, 4.69) is 144 Å². The molecule has 59 heavy (non-hydrogen) atoms. The molecule has 0 radical (unpaired) electrons. The van der Waals surface area contributed by atoms with Crippen molar-refractivity contribution in [3.63, 3.8) is 0 Å². The summed E-state index contributed by atoms with van der Waals surface area (Å²) in [6.45, 7) is 8.45. The van der Waals surface area contributed by atoms with Crippen LogP contribution in [0.25, 0.3) is 66.4 Å². The Balaban J connectivity index is 0.00000238. The van der Waals surface area contributed by atoms with Gasteiger partial charge in [-0.2, -0.15) is 0 Å². The van der Waals surface area contributed by atoms with Crippen LogP contribution in [0.15, 0.2) is 209 Å². The quantitative estimate of drug-likeness (QED) is 0.0879. The molecule has 0 N–H and O–H groups in total. The first-order valence-corrected chi connectivity index (χ1v) is 19.8. The fraction of sp³-hybridized carbons (Fsp3) is 0.0566. The van der Waals surface area contributed by atoms with Crippen LogP contribution in [0.4, 0.5) is 0 Å². The lowest BCUT2D eigenvalue weighted by Crippen LogP contribution is -2.06. The van der Waals surface area contributed by atoms with Crippen molar-refractivity contribution < 1.29 is 0 Å². The molecule has 0 aliphatic heterocycles. The number of rotatable bonds is 8. The summed E-state index contributed by atoms with van der Waals surface area (Å²) in [7, 11) is 0. The second-order valence-electron chi connectivity index (χ2n) is 13.7. The molecular formula is C53H42N6. The van der Waals surface area contributed by atoms with E-state index in [4.69, 9.17) is 20.0 Å². The Morgan fingerprint density at radius 1 is 0.492 bits per heavy atom. The van der Waals surface area contributed by atoms with Crippen LogP contribution in [0.2, 0.25) is 0 Å². The van der Waals surface area contributed by atoms with E-state index < -0.39 is 0 Å². The van der Waals surface area contributed by atoms with Crippen LogP contribution < -0.4 is 0 Å². The van der Waals surface area contributed by atoms with E-state index >= 15 is 0 Å². The van der Waals surface area contributed by atoms with Crippen LogP contribution in [0, 0.1) is 0 Å². The molecule has 6 heteroatoms. The van der Waals surface area contributed by atoms with Gasteiger partial charge in [0.2, 0.25) is 0 Å². The zero-order valence-electron chi connectivity index (χ0n) is 33.1. The summed E-state index contributed by atoms with van der Waals surface area (Å²) in [6, 6.07) is 60.2. The van der Waals surface area contributed by atoms with E-state index in [9.17, 15) is 0 Å². The lowest BCUT2D eigenvalue weighted by Gasteiger charge is -2.12. The number of aromatic nitrogens is 3. The Hall–Kier alpha value is -7.70. The lowest BCUT2D eigenvalue weighted by atomic mass is 9.96. The van der Waals surface area contributed by atoms with E-state index in [1.807, 2.05) is 74.8 Å². The average Bonchev–Trinajstić information content (AvgIpc) is 3.33. The number of nitrogens with zero attached hydrogens (tertiary/aromatic N) is 6. The first kappa shape index (κ1) is 38.2. The van der Waals surface area contributed by atoms with Gasteiger partial charge in [-0.1, -0.05) is 153 Å². The summed E-state index contributed by atoms with van der Waals surface area (Å²) < 4.78 is 0. The maximum absolute atomic E-state index is 5.21. The molecule has 0 saturated heterocycles. The number of amidine groups is 2. The van der Waals surface area contributed by atoms with Gasteiger partial charge in [0, 0.05) is 46.1 Å². The highest BCUT2D eigenvalue weighted by atomic mass is 15.0. The third-order valence-electron chi connectivity index (χ3n) is 10.00. The van der Waals surface area contributed by atoms with Crippen LogP contribution in [0.5, 0.6) is 0 Å². The highest BCUT2D eigenvalue weighted by Gasteiger charge is 2.14. The van der Waals surface area contributed by atoms with Gasteiger partial charge in [-0.05, 0) is 82.1 Å². The van der Waals surface area contributed by atoms with Crippen LogP contribution >= 0.6 is 0 Å². The number of hydrogen-bond donors (Lipinski definition) is 0. The first-order valence-electron chi connectivity index (χ1n) is 19.8. The minimum atomic E-state index is 0.449. The molecule has 0 spiro atoms. The maximum Gasteiger partial charge on any atom is 0.161 e. The molecule has 0 aliphatic carbocycles. The highest BCUT2D eigenvalue weighted by molar-refractivity contribution is 6.13. The topological polar surface area (TPSA) is 75.8 Å². The summed E-state index contributed by atoms with van der Waals surface area (Å²) >= 11 is 0. The zero-order valence-corrected chi connectivity index (χ0v) is 33.1. The Morgan fingerprint density at radius 3 is 1.80 bits per heavy atom. The molecule has 0 fully saturated rings. The fourth-order valence-electron chi connectivity index (χ4n) is 7.01. The third-order valence-corrected chi connectivity index (χ3v) is 10.00. The summed E-state index contributed by atoms with van der Waals surface area (Å²) in [5.41, 5.74) is 12.7. The van der Waals surface area contributed by atoms with Gasteiger partial charge in [0.05, 0.1) is 23.3 Å². The summed E-state index contributed by atoms with van der Waals surface area (Å²) in [5.74, 6) is 1.03. The normalized spacial score (nSPS) is 11.6. The van der Waals surface area contributed by atoms with Crippen molar-refractivity contribution in [2.24, 2.45) is 15.0 Å². The van der Waals surface area contributed by atoms with Crippen LogP contribution in [0.3, 0.4) is 0 Å². The van der Waals surface area contributed by atoms with Crippen molar-refractivity contribution in [1.82, 2.24) is 15.0 Å². The summed E-state index contributed by atoms with van der Waals surface area (Å²) in [4.78, 5) is 28.9. The molecule has 0 unspecified atom stereocenters. The standard InChI is InChI=1S/C51H36N6.C2H6/c1-52-50(57-51(42-12-6-3-7-13-42)55-33-35-16-18-37(19-17-35)36-10-4-2-5-11-36)46-31-44(39-22-20-38(21-23-39)43-15-8-28-53-34-43)30-45(32-46)47-27-26-41-25-24-40-14-9-29-54-48(40)49(41)56-47;1-2/h2-32,34H,1,33H2;1-2H3. The number of aliphatic imine (C=N–C) groups is 3. The van der Waals surface area contributed by atoms with E-state index in [1.165, 1.54) is 5.56 Å². The molecule has 3 heterocycles. The van der Waals surface area contributed by atoms with Gasteiger partial charge in [-0.25, -0.2) is 15.0 Å². The van der Waals surface area contributed by atoms with Crippen LogP contribution in [-0.2, 0) is 6.54 Å². The van der Waals surface area contributed by atoms with Crippen molar-refractivity contribution in [3.8, 4) is 44.6 Å². The number of hydrogen-bond acceptors (Lipinski definition) is 4. The zero-order chi connectivity index (χ0) is 40.4. The van der Waals surface area contributed by atoms with Crippen LogP contribution in [0.1, 0.15) is 30.5 Å². The SMILES string of the molecule is C=NC(=NC(=NCc1ccc(-c2ccccc2)cc1)c1ccccc1)c1cc(-c2ccc(-c3cccnc3)cc2)cc(-c2ccc3ccc4cccnc4c3n2)c1.CC. The first-order chi connectivity index (χ1) is 29.2. The monoisotopic (exact) mass is 762 g/mol. The molecule has 0 saturated carbocycles. The summed E-state index contributed by atoms with van der Waals surface area (Å²) in [5, 5.41) is 2.07. The maximum atomic E-state index is 5.21. The summed E-state index contributed by atoms with van der Waals surface area (Å²) in [6.07, 6.45) is 5.48. The van der Waals surface area contributed by atoms with Gasteiger partial charge in [-0.15, -0.1) is 0 Å². The Labute approximate surface area is 345 Å². The predicted molar refractivity (Wildman–Crippen MR) is 247 cm³/mol. The second-order valence-corrected chi connectivity index (χ2v) is 13.7. The molecule has 0 amide bonds. The average molecular weight is 763 g/mol. The second kappa shape index (κ2) is 18.0. The Bertz CT molecular complexity index is 2900. The number of pyridine rings is 3. The third kappa shape index (κ3) is 8.68. The van der Waals surface area contributed by atoms with E-state index in [-0.39, 0.29) is 0 Å². The molecule has 9 rings (SSSR count). The van der Waals surface area contributed by atoms with E-state index in [1.54, 1.807) is 6.20 Å². The molecule has 0 aliphatic rings. The molecular weight excluding hydrogens is 721 g/mol. The van der Waals surface area contributed by atoms with Crippen molar-refractivity contribution in [2.45, 2.75) is 20.4 Å². The van der Waals surface area contributed by atoms with Gasteiger partial charge in [0.25, 0.3) is 0 Å². The van der Waals surface area contributed by atoms with Crippen molar-refractivity contribution in [3.05, 3.63) is 211 Å². The predicted octanol–water partition coefficient (Wildman–Crippen LogP) is 13.0. The fourth-order valence-corrected chi connectivity index (χ4v) is 7.01. The Kier molecular flexibility index (Phi) is 11.7. The van der Waals surface area contributed by atoms with Crippen molar-refractivity contribution >= 4 is 40.2 Å². The smallest absolute Gasteiger partial charge is 0.161 e.